The quantitative estimate of drug-likeness (QED) is 0.362. The van der Waals surface area contributed by atoms with Gasteiger partial charge in [-0.2, -0.15) is 4.98 Å². The van der Waals surface area contributed by atoms with Gasteiger partial charge in [0.25, 0.3) is 0 Å². The van der Waals surface area contributed by atoms with Gasteiger partial charge in [0.05, 0.1) is 37.3 Å². The molecule has 2 aromatic carbocycles. The molecule has 3 aliphatic rings. The van der Waals surface area contributed by atoms with Gasteiger partial charge in [-0.05, 0) is 49.2 Å². The third-order valence-electron chi connectivity index (χ3n) is 8.12. The molecule has 12 nitrogen and oxygen atoms in total. The van der Waals surface area contributed by atoms with E-state index in [1.54, 1.807) is 19.2 Å². The van der Waals surface area contributed by atoms with E-state index in [9.17, 15) is 9.59 Å². The Morgan fingerprint density at radius 2 is 1.98 bits per heavy atom. The number of methoxy groups -OCH3 is 1. The number of amides is 2. The molecule has 1 fully saturated rings. The lowest BCUT2D eigenvalue weighted by molar-refractivity contribution is -0.132. The molecule has 0 aliphatic carbocycles. The second kappa shape index (κ2) is 13.1. The van der Waals surface area contributed by atoms with Crippen molar-refractivity contribution in [3.63, 3.8) is 0 Å². The summed E-state index contributed by atoms with van der Waals surface area (Å²) in [5, 5.41) is 6.72. The zero-order valence-corrected chi connectivity index (χ0v) is 26.2. The van der Waals surface area contributed by atoms with Crippen molar-refractivity contribution in [1.82, 2.24) is 25.5 Å². The van der Waals surface area contributed by atoms with Crippen LogP contribution in [0.2, 0.25) is 5.02 Å². The van der Waals surface area contributed by atoms with Gasteiger partial charge in [0, 0.05) is 50.2 Å². The number of carbonyl (C=O) groups excluding carboxylic acids is 2. The van der Waals surface area contributed by atoms with Crippen LogP contribution in [0, 0.1) is 6.92 Å². The van der Waals surface area contributed by atoms with E-state index >= 15 is 0 Å². The fourth-order valence-electron chi connectivity index (χ4n) is 5.74. The smallest absolute Gasteiger partial charge is 0.233 e. The van der Waals surface area contributed by atoms with Crippen LogP contribution in [0.5, 0.6) is 17.2 Å². The minimum atomic E-state index is -0.319. The molecule has 2 unspecified atom stereocenters. The Hall–Kier alpha value is -4.71. The SMILES string of the molecule is COc1ccc(C(C)NC(=O)CC2CN(C(=O)Cc3ccc4c(c3)OCO4)CCN2c2cc(C)nc(N3C=CNC3)n2)cc1Cl. The van der Waals surface area contributed by atoms with Gasteiger partial charge in [0.15, 0.2) is 11.5 Å². The summed E-state index contributed by atoms with van der Waals surface area (Å²) in [6.07, 6.45) is 4.12. The van der Waals surface area contributed by atoms with Crippen LogP contribution in [-0.4, -0.2) is 72.9 Å². The summed E-state index contributed by atoms with van der Waals surface area (Å²) in [6.45, 7) is 5.96. The maximum absolute atomic E-state index is 13.5. The first-order valence-electron chi connectivity index (χ1n) is 14.9. The van der Waals surface area contributed by atoms with E-state index in [-0.39, 0.29) is 43.5 Å². The van der Waals surface area contributed by atoms with Crippen molar-refractivity contribution in [2.75, 3.05) is 50.0 Å². The molecule has 236 valence electrons. The van der Waals surface area contributed by atoms with Crippen molar-refractivity contribution in [2.45, 2.75) is 38.8 Å². The number of nitrogens with one attached hydrogen (secondary N) is 2. The maximum Gasteiger partial charge on any atom is 0.233 e. The zero-order chi connectivity index (χ0) is 31.5. The highest BCUT2D eigenvalue weighted by molar-refractivity contribution is 6.32. The fraction of sp³-hybridized carbons (Fsp3) is 0.375. The first kappa shape index (κ1) is 30.3. The van der Waals surface area contributed by atoms with Crippen LogP contribution in [-0.2, 0) is 16.0 Å². The van der Waals surface area contributed by atoms with E-state index in [0.29, 0.717) is 60.3 Å². The molecule has 2 atom stereocenters. The van der Waals surface area contributed by atoms with Gasteiger partial charge in [-0.1, -0.05) is 23.7 Å². The Morgan fingerprint density at radius 1 is 1.13 bits per heavy atom. The number of nitrogens with zero attached hydrogens (tertiary/aromatic N) is 5. The number of hydrogen-bond donors (Lipinski definition) is 2. The number of aromatic nitrogens is 2. The fourth-order valence-corrected chi connectivity index (χ4v) is 6.01. The number of aryl methyl sites for hydroxylation is 1. The monoisotopic (exact) mass is 633 g/mol. The number of anilines is 2. The molecule has 13 heteroatoms. The Bertz CT molecular complexity index is 1620. The second-order valence-corrected chi connectivity index (χ2v) is 11.7. The number of rotatable bonds is 9. The van der Waals surface area contributed by atoms with Gasteiger partial charge in [0.2, 0.25) is 24.6 Å². The van der Waals surface area contributed by atoms with E-state index in [0.717, 1.165) is 16.8 Å². The predicted molar refractivity (Wildman–Crippen MR) is 170 cm³/mol. The van der Waals surface area contributed by atoms with Crippen molar-refractivity contribution < 1.29 is 23.8 Å². The van der Waals surface area contributed by atoms with Crippen molar-refractivity contribution in [1.29, 1.82) is 0 Å². The number of hydrogen-bond acceptors (Lipinski definition) is 10. The normalized spacial score (nSPS) is 17.7. The first-order valence-corrected chi connectivity index (χ1v) is 15.2. The molecular formula is C32H36ClN7O5. The van der Waals surface area contributed by atoms with Crippen LogP contribution in [0.15, 0.2) is 54.9 Å². The molecule has 3 aliphatic heterocycles. The van der Waals surface area contributed by atoms with E-state index in [2.05, 4.69) is 20.5 Å². The van der Waals surface area contributed by atoms with E-state index in [1.807, 2.05) is 66.4 Å². The van der Waals surface area contributed by atoms with E-state index < -0.39 is 0 Å². The summed E-state index contributed by atoms with van der Waals surface area (Å²) in [5.74, 6) is 3.01. The van der Waals surface area contributed by atoms with Crippen LogP contribution in [0.3, 0.4) is 0 Å². The molecule has 1 saturated heterocycles. The number of ether oxygens (including phenoxy) is 3. The molecule has 3 aromatic rings. The van der Waals surface area contributed by atoms with Crippen LogP contribution in [0.4, 0.5) is 11.8 Å². The van der Waals surface area contributed by atoms with Gasteiger partial charge in [0.1, 0.15) is 11.6 Å². The lowest BCUT2D eigenvalue weighted by atomic mass is 10.0. The summed E-state index contributed by atoms with van der Waals surface area (Å²) in [7, 11) is 1.56. The van der Waals surface area contributed by atoms with Crippen LogP contribution in [0.25, 0.3) is 0 Å². The van der Waals surface area contributed by atoms with Gasteiger partial charge >= 0.3 is 0 Å². The van der Waals surface area contributed by atoms with Crippen LogP contribution < -0.4 is 34.6 Å². The first-order chi connectivity index (χ1) is 21.8. The van der Waals surface area contributed by atoms with E-state index in [4.69, 9.17) is 30.8 Å². The number of benzene rings is 2. The Kier molecular flexibility index (Phi) is 8.83. The Balaban J connectivity index is 1.20. The molecule has 0 bridgehead atoms. The number of fused-ring (bicyclic) bond motifs is 1. The lowest BCUT2D eigenvalue weighted by Crippen LogP contribution is -2.56. The summed E-state index contributed by atoms with van der Waals surface area (Å²) in [4.78, 5) is 42.4. The van der Waals surface area contributed by atoms with Crippen LogP contribution >= 0.6 is 11.6 Å². The predicted octanol–water partition coefficient (Wildman–Crippen LogP) is 3.54. The van der Waals surface area contributed by atoms with Crippen LogP contribution in [0.1, 0.15) is 36.2 Å². The standard InChI is InChI=1S/C32H36ClN7O5/c1-20-12-29(37-32(35-20)39-9-8-34-18-39)40-11-10-38(31(42)14-22-4-6-27-28(13-22)45-19-44-27)17-24(40)16-30(41)36-21(2)23-5-7-26(43-3)25(33)15-23/h4-9,12-13,15,21,24,34H,10-11,14,16-19H2,1-3H3,(H,36,41). The lowest BCUT2D eigenvalue weighted by Gasteiger charge is -2.42. The minimum absolute atomic E-state index is 0.0204. The molecule has 0 radical (unpaired) electrons. The second-order valence-electron chi connectivity index (χ2n) is 11.3. The molecule has 45 heavy (non-hydrogen) atoms. The summed E-state index contributed by atoms with van der Waals surface area (Å²) in [6, 6.07) is 12.3. The average Bonchev–Trinajstić information content (AvgIpc) is 3.73. The van der Waals surface area contributed by atoms with Crippen molar-refractivity contribution in [3.05, 3.63) is 76.7 Å². The summed E-state index contributed by atoms with van der Waals surface area (Å²) >= 11 is 6.34. The highest BCUT2D eigenvalue weighted by Gasteiger charge is 2.33. The summed E-state index contributed by atoms with van der Waals surface area (Å²) in [5.41, 5.74) is 2.51. The molecule has 4 heterocycles. The third kappa shape index (κ3) is 6.85. The van der Waals surface area contributed by atoms with E-state index in [1.165, 1.54) is 0 Å². The molecule has 2 amide bonds. The van der Waals surface area contributed by atoms with Crippen molar-refractivity contribution in [3.8, 4) is 17.2 Å². The van der Waals surface area contributed by atoms with Crippen molar-refractivity contribution >= 4 is 35.2 Å². The number of halogens is 1. The molecule has 2 N–H and O–H groups in total. The Labute approximate surface area is 266 Å². The minimum Gasteiger partial charge on any atom is -0.495 e. The van der Waals surface area contributed by atoms with Gasteiger partial charge in [-0.25, -0.2) is 4.98 Å². The Morgan fingerprint density at radius 3 is 2.76 bits per heavy atom. The molecular weight excluding hydrogens is 598 g/mol. The highest BCUT2D eigenvalue weighted by Crippen LogP contribution is 2.33. The van der Waals surface area contributed by atoms with Gasteiger partial charge in [-0.3, -0.25) is 14.5 Å². The highest BCUT2D eigenvalue weighted by atomic mass is 35.5. The third-order valence-corrected chi connectivity index (χ3v) is 8.41. The molecule has 1 aromatic heterocycles. The average molecular weight is 634 g/mol. The number of carbonyl (C=O) groups is 2. The zero-order valence-electron chi connectivity index (χ0n) is 25.5. The van der Waals surface area contributed by atoms with Crippen molar-refractivity contribution in [2.24, 2.45) is 0 Å². The van der Waals surface area contributed by atoms with Gasteiger partial charge in [-0.15, -0.1) is 0 Å². The molecule has 6 rings (SSSR count). The maximum atomic E-state index is 13.5. The molecule has 0 spiro atoms. The number of piperazine rings is 1. The topological polar surface area (TPSA) is 121 Å². The molecule has 0 saturated carbocycles. The largest absolute Gasteiger partial charge is 0.495 e. The van der Waals surface area contributed by atoms with Gasteiger partial charge < -0.3 is 34.6 Å². The summed E-state index contributed by atoms with van der Waals surface area (Å²) < 4.78 is 16.2.